The number of aromatic nitrogens is 2. The summed E-state index contributed by atoms with van der Waals surface area (Å²) < 4.78 is 1.79. The lowest BCUT2D eigenvalue weighted by Crippen LogP contribution is -3.14. The number of likely N-dealkylation sites (N-methyl/N-ethyl adjacent to an activating group) is 1. The molecule has 29 heavy (non-hydrogen) atoms. The van der Waals surface area contributed by atoms with E-state index in [0.29, 0.717) is 39.5 Å². The molecule has 1 aliphatic rings. The number of fused-ring (bicyclic) bond motifs is 1. The third-order valence-electron chi connectivity index (χ3n) is 5.78. The van der Waals surface area contributed by atoms with E-state index in [0.717, 1.165) is 13.0 Å². The Hall–Kier alpha value is -2.77. The molecule has 7 heteroatoms. The number of rotatable bonds is 5. The molecule has 2 atom stereocenters. The summed E-state index contributed by atoms with van der Waals surface area (Å²) in [6.07, 6.45) is 2.38. The summed E-state index contributed by atoms with van der Waals surface area (Å²) in [5, 5.41) is 3.63. The molecule has 2 unspecified atom stereocenters. The first-order chi connectivity index (χ1) is 14.1. The molecule has 4 rings (SSSR count). The molecule has 1 aromatic heterocycles. The van der Waals surface area contributed by atoms with Crippen LogP contribution in [0.4, 0.5) is 0 Å². The van der Waals surface area contributed by atoms with Crippen LogP contribution >= 0.6 is 12.2 Å². The summed E-state index contributed by atoms with van der Waals surface area (Å²) in [5.41, 5.74) is 1.75. The van der Waals surface area contributed by atoms with E-state index in [4.69, 9.17) is 12.2 Å². The average molecular weight is 410 g/mol. The lowest BCUT2D eigenvalue weighted by atomic mass is 10.1. The van der Waals surface area contributed by atoms with E-state index in [2.05, 4.69) is 17.2 Å². The predicted octanol–water partition coefficient (Wildman–Crippen LogP) is 1.85. The van der Waals surface area contributed by atoms with Crippen molar-refractivity contribution in [3.05, 3.63) is 69.2 Å². The largest absolute Gasteiger partial charge is 0.346 e. The Kier molecular flexibility index (Phi) is 5.60. The van der Waals surface area contributed by atoms with Gasteiger partial charge in [0.15, 0.2) is 4.77 Å². The first-order valence-electron chi connectivity index (χ1n) is 10.1. The van der Waals surface area contributed by atoms with E-state index in [1.54, 1.807) is 35.2 Å². The molecule has 3 N–H and O–H groups in total. The number of carbonyl (C=O) groups is 1. The van der Waals surface area contributed by atoms with Crippen LogP contribution in [0.1, 0.15) is 30.1 Å². The normalized spacial score (nSPS) is 18.8. The van der Waals surface area contributed by atoms with E-state index in [9.17, 15) is 9.59 Å². The smallest absolute Gasteiger partial charge is 0.266 e. The highest BCUT2D eigenvalue weighted by molar-refractivity contribution is 7.71. The molecule has 1 fully saturated rings. The molecule has 6 nitrogen and oxygen atoms in total. The second kappa shape index (κ2) is 8.31. The number of H-pyrrole nitrogens is 1. The summed E-state index contributed by atoms with van der Waals surface area (Å²) in [4.78, 5) is 30.1. The standard InChI is InChI=1S/C22H24N4O2S/c1-2-25-13-5-6-17(25)14-23-20(27)15-9-11-16(12-10-15)26-21(28)18-7-3-4-8-19(18)24-22(26)29/h3-4,7-12,17H,2,5-6,13-14H2,1H3,(H,23,27)(H,24,29)/p+1. The van der Waals surface area contributed by atoms with Gasteiger partial charge in [-0.3, -0.25) is 14.2 Å². The average Bonchev–Trinajstić information content (AvgIpc) is 3.20. The van der Waals surface area contributed by atoms with Crippen LogP contribution in [-0.2, 0) is 0 Å². The number of amides is 1. The van der Waals surface area contributed by atoms with Crippen molar-refractivity contribution in [1.82, 2.24) is 14.9 Å². The fourth-order valence-electron chi connectivity index (χ4n) is 4.17. The Labute approximate surface area is 174 Å². The van der Waals surface area contributed by atoms with Crippen LogP contribution in [0.3, 0.4) is 0 Å². The van der Waals surface area contributed by atoms with Gasteiger partial charge >= 0.3 is 0 Å². The highest BCUT2D eigenvalue weighted by atomic mass is 32.1. The van der Waals surface area contributed by atoms with Crippen molar-refractivity contribution >= 4 is 29.0 Å². The van der Waals surface area contributed by atoms with Crippen molar-refractivity contribution in [2.75, 3.05) is 19.6 Å². The SMILES string of the molecule is CC[NH+]1CCCC1CNC(=O)c1ccc(-n2c(=S)[nH]c3ccccc3c2=O)cc1. The zero-order valence-electron chi connectivity index (χ0n) is 16.4. The Bertz CT molecular complexity index is 1150. The van der Waals surface area contributed by atoms with Gasteiger partial charge < -0.3 is 15.2 Å². The van der Waals surface area contributed by atoms with Gasteiger partial charge in [0, 0.05) is 18.4 Å². The Morgan fingerprint density at radius 2 is 2.00 bits per heavy atom. The number of quaternary nitrogens is 1. The number of carbonyl (C=O) groups excluding carboxylic acids is 1. The first-order valence-corrected chi connectivity index (χ1v) is 10.5. The number of hydrogen-bond donors (Lipinski definition) is 3. The molecule has 1 saturated heterocycles. The van der Waals surface area contributed by atoms with Crippen LogP contribution in [0.25, 0.3) is 16.6 Å². The Morgan fingerprint density at radius 1 is 1.24 bits per heavy atom. The minimum Gasteiger partial charge on any atom is -0.346 e. The first kappa shape index (κ1) is 19.5. The number of nitrogens with zero attached hydrogens (tertiary/aromatic N) is 1. The monoisotopic (exact) mass is 409 g/mol. The Morgan fingerprint density at radius 3 is 2.76 bits per heavy atom. The summed E-state index contributed by atoms with van der Waals surface area (Å²) in [6.45, 7) is 5.16. The van der Waals surface area contributed by atoms with Gasteiger partial charge in [-0.1, -0.05) is 12.1 Å². The predicted molar refractivity (Wildman–Crippen MR) is 116 cm³/mol. The number of aromatic amines is 1. The number of para-hydroxylation sites is 1. The molecule has 0 spiro atoms. The highest BCUT2D eigenvalue weighted by Gasteiger charge is 2.27. The summed E-state index contributed by atoms with van der Waals surface area (Å²) in [5.74, 6) is -0.0880. The molecule has 2 aromatic carbocycles. The number of likely N-dealkylation sites (tertiary alicyclic amines) is 1. The molecule has 3 aromatic rings. The zero-order valence-corrected chi connectivity index (χ0v) is 17.2. The fourth-order valence-corrected chi connectivity index (χ4v) is 4.47. The lowest BCUT2D eigenvalue weighted by Gasteiger charge is -2.20. The molecule has 0 bridgehead atoms. The molecule has 1 aliphatic heterocycles. The molecule has 150 valence electrons. The highest BCUT2D eigenvalue weighted by Crippen LogP contribution is 2.12. The second-order valence-electron chi connectivity index (χ2n) is 7.47. The van der Waals surface area contributed by atoms with Gasteiger partial charge in [0.1, 0.15) is 6.04 Å². The third kappa shape index (κ3) is 3.88. The quantitative estimate of drug-likeness (QED) is 0.563. The molecule has 2 heterocycles. The van der Waals surface area contributed by atoms with E-state index >= 15 is 0 Å². The molecule has 0 saturated carbocycles. The minimum atomic E-state index is -0.176. The second-order valence-corrected chi connectivity index (χ2v) is 7.86. The van der Waals surface area contributed by atoms with Crippen LogP contribution in [0.5, 0.6) is 0 Å². The number of benzene rings is 2. The molecule has 0 aliphatic carbocycles. The minimum absolute atomic E-state index is 0.0880. The van der Waals surface area contributed by atoms with Gasteiger partial charge in [-0.25, -0.2) is 0 Å². The lowest BCUT2D eigenvalue weighted by molar-refractivity contribution is -0.909. The van der Waals surface area contributed by atoms with Crippen molar-refractivity contribution in [3.8, 4) is 5.69 Å². The maximum atomic E-state index is 12.9. The van der Waals surface area contributed by atoms with E-state index < -0.39 is 0 Å². The van der Waals surface area contributed by atoms with Crippen molar-refractivity contribution in [2.45, 2.75) is 25.8 Å². The summed E-state index contributed by atoms with van der Waals surface area (Å²) in [6, 6.07) is 14.8. The Balaban J connectivity index is 1.54. The van der Waals surface area contributed by atoms with Crippen molar-refractivity contribution in [2.24, 2.45) is 0 Å². The molecule has 1 amide bonds. The van der Waals surface area contributed by atoms with E-state index in [1.807, 2.05) is 18.2 Å². The number of nitrogens with one attached hydrogen (secondary N) is 3. The number of hydrogen-bond acceptors (Lipinski definition) is 3. The van der Waals surface area contributed by atoms with Crippen LogP contribution in [0.2, 0.25) is 0 Å². The van der Waals surface area contributed by atoms with Crippen molar-refractivity contribution in [3.63, 3.8) is 0 Å². The van der Waals surface area contributed by atoms with E-state index in [-0.39, 0.29) is 11.5 Å². The van der Waals surface area contributed by atoms with Crippen molar-refractivity contribution < 1.29 is 9.69 Å². The maximum absolute atomic E-state index is 12.9. The van der Waals surface area contributed by atoms with Crippen LogP contribution in [-0.4, -0.2) is 41.1 Å². The van der Waals surface area contributed by atoms with Crippen LogP contribution < -0.4 is 15.8 Å². The van der Waals surface area contributed by atoms with Gasteiger partial charge in [-0.05, 0) is 55.5 Å². The molecular weight excluding hydrogens is 384 g/mol. The van der Waals surface area contributed by atoms with Gasteiger partial charge in [0.2, 0.25) is 0 Å². The third-order valence-corrected chi connectivity index (χ3v) is 6.07. The zero-order chi connectivity index (χ0) is 20.4. The van der Waals surface area contributed by atoms with Gasteiger partial charge in [0.25, 0.3) is 11.5 Å². The fraction of sp³-hybridized carbons (Fsp3) is 0.318. The van der Waals surface area contributed by atoms with E-state index in [1.165, 1.54) is 17.5 Å². The van der Waals surface area contributed by atoms with Crippen LogP contribution in [0.15, 0.2) is 53.3 Å². The summed E-state index contributed by atoms with van der Waals surface area (Å²) >= 11 is 5.38. The maximum Gasteiger partial charge on any atom is 0.266 e. The molecule has 0 radical (unpaired) electrons. The van der Waals surface area contributed by atoms with Gasteiger partial charge in [0.05, 0.1) is 36.2 Å². The van der Waals surface area contributed by atoms with Crippen molar-refractivity contribution in [1.29, 1.82) is 0 Å². The van der Waals surface area contributed by atoms with Gasteiger partial charge in [-0.2, -0.15) is 0 Å². The topological polar surface area (TPSA) is 71.3 Å². The molecular formula is C22H25N4O2S+. The summed E-state index contributed by atoms with van der Waals surface area (Å²) in [7, 11) is 0. The van der Waals surface area contributed by atoms with Crippen LogP contribution in [0, 0.1) is 4.77 Å². The van der Waals surface area contributed by atoms with Gasteiger partial charge in [-0.15, -0.1) is 0 Å².